The zero-order valence-corrected chi connectivity index (χ0v) is 27.2. The molecule has 272 valence electrons. The van der Waals surface area contributed by atoms with E-state index in [2.05, 4.69) is 6.58 Å². The van der Waals surface area contributed by atoms with Crippen LogP contribution in [0.2, 0.25) is 0 Å². The van der Waals surface area contributed by atoms with Crippen molar-refractivity contribution >= 4 is 5.78 Å². The molecule has 5 aliphatic heterocycles. The van der Waals surface area contributed by atoms with Crippen molar-refractivity contribution in [3.05, 3.63) is 53.1 Å². The fourth-order valence-corrected chi connectivity index (χ4v) is 6.88. The van der Waals surface area contributed by atoms with E-state index in [0.29, 0.717) is 57.4 Å². The largest absolute Gasteiger partial charge is 0.493 e. The molecule has 0 bridgehead atoms. The summed E-state index contributed by atoms with van der Waals surface area (Å²) in [5.41, 5.74) is 2.20. The molecule has 6 N–H and O–H groups in total. The van der Waals surface area contributed by atoms with E-state index in [-0.39, 0.29) is 25.6 Å². The summed E-state index contributed by atoms with van der Waals surface area (Å²) in [4.78, 5) is 13.9. The van der Waals surface area contributed by atoms with Crippen molar-refractivity contribution in [1.82, 2.24) is 0 Å². The molecule has 0 radical (unpaired) electrons. The average molecular weight is 705 g/mol. The van der Waals surface area contributed by atoms with Crippen LogP contribution in [0.15, 0.2) is 36.4 Å². The standard InChI is InChI=1S/C34H40O16/c1-13(9-45-34-31(41)29(39)28(38)24(50-34)12-47-33-30(40)27(37)17(35)10-46-33)19-7-16-18(48-19)5-4-14-26(36)25-15-6-21(42-2)22(43-3)8-20(15)44-11-23(25)49-32(14)16/h4-6,8,17,19,23-25,27-31,33-35,37-41H,1,7,9-12H2,2-3H3/t17-,19-,23+,24-,25-,27+,28-,29+,30-,31-,33-,34-/m0/s1. The molecule has 5 heterocycles. The molecule has 0 unspecified atom stereocenters. The lowest BCUT2D eigenvalue weighted by atomic mass is 9.81. The first-order valence-corrected chi connectivity index (χ1v) is 16.2. The quantitative estimate of drug-likeness (QED) is 0.172. The van der Waals surface area contributed by atoms with Crippen LogP contribution >= 0.6 is 0 Å². The molecule has 7 rings (SSSR count). The molecule has 12 atom stereocenters. The molecular formula is C34H40O16. The Hall–Kier alpha value is -3.55. The number of ether oxygens (including phenoxy) is 9. The van der Waals surface area contributed by atoms with Gasteiger partial charge in [-0.25, -0.2) is 0 Å². The summed E-state index contributed by atoms with van der Waals surface area (Å²) < 4.78 is 51.5. The van der Waals surface area contributed by atoms with Crippen molar-refractivity contribution in [2.45, 2.75) is 79.9 Å². The number of hydrogen-bond acceptors (Lipinski definition) is 16. The van der Waals surface area contributed by atoms with Gasteiger partial charge in [0.05, 0.1) is 45.5 Å². The van der Waals surface area contributed by atoms with Crippen molar-refractivity contribution < 1.29 is 78.1 Å². The number of carbonyl (C=O) groups excluding carboxylic acids is 1. The van der Waals surface area contributed by atoms with Crippen molar-refractivity contribution in [3.63, 3.8) is 0 Å². The van der Waals surface area contributed by atoms with Gasteiger partial charge in [0.2, 0.25) is 0 Å². The zero-order chi connectivity index (χ0) is 35.4. The summed E-state index contributed by atoms with van der Waals surface area (Å²) in [5, 5.41) is 61.2. The molecule has 16 nitrogen and oxygen atoms in total. The minimum atomic E-state index is -1.67. The van der Waals surface area contributed by atoms with E-state index in [0.717, 1.165) is 0 Å². The summed E-state index contributed by atoms with van der Waals surface area (Å²) in [6.45, 7) is 3.35. The lowest BCUT2D eigenvalue weighted by Crippen LogP contribution is -2.60. The van der Waals surface area contributed by atoms with Crippen LogP contribution in [0.3, 0.4) is 0 Å². The Kier molecular flexibility index (Phi) is 9.68. The van der Waals surface area contributed by atoms with Gasteiger partial charge in [-0.1, -0.05) is 6.58 Å². The summed E-state index contributed by atoms with van der Waals surface area (Å²) in [6, 6.07) is 6.82. The average Bonchev–Trinajstić information content (AvgIpc) is 3.57. The molecule has 0 aliphatic carbocycles. The molecule has 0 spiro atoms. The summed E-state index contributed by atoms with van der Waals surface area (Å²) in [7, 11) is 3.04. The first kappa shape index (κ1) is 34.9. The number of carbonyl (C=O) groups is 1. The van der Waals surface area contributed by atoms with Gasteiger partial charge in [-0.05, 0) is 23.8 Å². The number of fused-ring (bicyclic) bond motifs is 6. The Bertz CT molecular complexity index is 1610. The Balaban J connectivity index is 0.993. The van der Waals surface area contributed by atoms with Crippen LogP contribution in [0.25, 0.3) is 0 Å². The number of ketones is 1. The highest BCUT2D eigenvalue weighted by atomic mass is 16.7. The minimum Gasteiger partial charge on any atom is -0.493 e. The number of aliphatic hydroxyl groups excluding tert-OH is 6. The molecule has 2 aromatic carbocycles. The molecule has 5 aliphatic rings. The van der Waals surface area contributed by atoms with E-state index in [1.807, 2.05) is 0 Å². The molecular weight excluding hydrogens is 664 g/mol. The molecule has 0 saturated carbocycles. The zero-order valence-electron chi connectivity index (χ0n) is 27.2. The lowest BCUT2D eigenvalue weighted by Gasteiger charge is -2.41. The van der Waals surface area contributed by atoms with Crippen LogP contribution in [0.5, 0.6) is 28.7 Å². The van der Waals surface area contributed by atoms with Gasteiger partial charge in [0.25, 0.3) is 0 Å². The highest BCUT2D eigenvalue weighted by molar-refractivity contribution is 6.06. The van der Waals surface area contributed by atoms with Crippen molar-refractivity contribution in [2.24, 2.45) is 0 Å². The normalized spacial score (nSPS) is 35.7. The molecule has 50 heavy (non-hydrogen) atoms. The number of methoxy groups -OCH3 is 2. The van der Waals surface area contributed by atoms with Gasteiger partial charge in [-0.2, -0.15) is 0 Å². The van der Waals surface area contributed by atoms with E-state index in [9.17, 15) is 35.4 Å². The van der Waals surface area contributed by atoms with Gasteiger partial charge in [0, 0.05) is 23.6 Å². The maximum atomic E-state index is 13.9. The third-order valence-corrected chi connectivity index (χ3v) is 9.76. The molecule has 2 fully saturated rings. The van der Waals surface area contributed by atoms with Crippen LogP contribution in [-0.2, 0) is 25.4 Å². The number of aliphatic hydroxyl groups is 6. The molecule has 0 aromatic heterocycles. The number of hydrogen-bond donors (Lipinski definition) is 6. The Morgan fingerprint density at radius 3 is 2.36 bits per heavy atom. The fraction of sp³-hybridized carbons (Fsp3) is 0.559. The predicted octanol–water partition coefficient (Wildman–Crippen LogP) is -1.04. The lowest BCUT2D eigenvalue weighted by molar-refractivity contribution is -0.319. The summed E-state index contributed by atoms with van der Waals surface area (Å²) in [5.74, 6) is 1.67. The predicted molar refractivity (Wildman–Crippen MR) is 167 cm³/mol. The maximum Gasteiger partial charge on any atom is 0.187 e. The van der Waals surface area contributed by atoms with Crippen molar-refractivity contribution in [2.75, 3.05) is 40.6 Å². The molecule has 0 amide bonds. The van der Waals surface area contributed by atoms with Crippen LogP contribution in [0.4, 0.5) is 0 Å². The fourth-order valence-electron chi connectivity index (χ4n) is 6.88. The minimum absolute atomic E-state index is 0.123. The van der Waals surface area contributed by atoms with Gasteiger partial charge in [0.1, 0.15) is 78.8 Å². The Labute approximate surface area is 286 Å². The second kappa shape index (κ2) is 13.9. The van der Waals surface area contributed by atoms with Gasteiger partial charge in [-0.15, -0.1) is 0 Å². The number of rotatable bonds is 9. The molecule has 16 heteroatoms. The smallest absolute Gasteiger partial charge is 0.187 e. The van der Waals surface area contributed by atoms with E-state index in [1.54, 1.807) is 24.3 Å². The number of benzene rings is 2. The van der Waals surface area contributed by atoms with E-state index >= 15 is 0 Å². The van der Waals surface area contributed by atoms with Gasteiger partial charge in [-0.3, -0.25) is 4.79 Å². The SMILES string of the molecule is C=C(CO[C@H]1O[C@@H](CO[C@@H]2OC[C@H](O)[C@@H](O)[C@@H]2O)[C@H](O)[C@@H](O)[C@@H]1O)[C@@H]1Cc2c(ccc3c2O[C@@H]2COc4cc(OC)c(OC)cc4[C@@H]2C3=O)O1. The Morgan fingerprint density at radius 2 is 1.60 bits per heavy atom. The van der Waals surface area contributed by atoms with Gasteiger partial charge in [0.15, 0.2) is 29.9 Å². The van der Waals surface area contributed by atoms with E-state index < -0.39 is 80.0 Å². The Morgan fingerprint density at radius 1 is 0.860 bits per heavy atom. The van der Waals surface area contributed by atoms with Crippen molar-refractivity contribution in [3.8, 4) is 28.7 Å². The van der Waals surface area contributed by atoms with Crippen molar-refractivity contribution in [1.29, 1.82) is 0 Å². The third kappa shape index (κ3) is 6.08. The van der Waals surface area contributed by atoms with Crippen LogP contribution in [-0.4, -0.2) is 145 Å². The van der Waals surface area contributed by atoms with Gasteiger partial charge < -0.3 is 73.3 Å². The first-order chi connectivity index (χ1) is 24.0. The molecule has 2 aromatic rings. The monoisotopic (exact) mass is 704 g/mol. The second-order valence-electron chi connectivity index (χ2n) is 12.9. The highest BCUT2D eigenvalue weighted by Crippen LogP contribution is 2.50. The van der Waals surface area contributed by atoms with E-state index in [1.165, 1.54) is 14.2 Å². The van der Waals surface area contributed by atoms with E-state index in [4.69, 9.17) is 42.6 Å². The maximum absolute atomic E-state index is 13.9. The third-order valence-electron chi connectivity index (χ3n) is 9.76. The van der Waals surface area contributed by atoms with Gasteiger partial charge >= 0.3 is 0 Å². The number of Topliss-reactive ketones (excluding diaryl/α,β-unsaturated/α-hetero) is 1. The summed E-state index contributed by atoms with van der Waals surface area (Å²) >= 11 is 0. The van der Waals surface area contributed by atoms with Crippen LogP contribution in [0.1, 0.15) is 27.4 Å². The highest BCUT2D eigenvalue weighted by Gasteiger charge is 2.48. The van der Waals surface area contributed by atoms with Crippen LogP contribution < -0.4 is 23.7 Å². The first-order valence-electron chi connectivity index (χ1n) is 16.2. The topological polar surface area (TPSA) is 222 Å². The molecule has 2 saturated heterocycles. The second-order valence-corrected chi connectivity index (χ2v) is 12.9. The van der Waals surface area contributed by atoms with Crippen LogP contribution in [0, 0.1) is 0 Å². The summed E-state index contributed by atoms with van der Waals surface area (Å²) in [6.07, 6.45) is -14.1.